The monoisotopic (exact) mass is 244 g/mol. The van der Waals surface area contributed by atoms with Crippen LogP contribution in [0.25, 0.3) is 11.1 Å². The van der Waals surface area contributed by atoms with Gasteiger partial charge in [-0.25, -0.2) is 0 Å². The highest BCUT2D eigenvalue weighted by Crippen LogP contribution is 2.17. The number of nitrogens with one attached hydrogen (secondary N) is 1. The van der Waals surface area contributed by atoms with Crippen LogP contribution in [0.5, 0.6) is 0 Å². The molecule has 5 heteroatoms. The van der Waals surface area contributed by atoms with Crippen LogP contribution in [0.2, 0.25) is 0 Å². The molecule has 18 heavy (non-hydrogen) atoms. The maximum Gasteiger partial charge on any atom is 0.241 e. The second kappa shape index (κ2) is 5.97. The SMILES string of the molecule is NCCNC(=O)Cn1cc(-c2ccccc2)cn1. The van der Waals surface area contributed by atoms with Crippen molar-refractivity contribution in [1.82, 2.24) is 15.1 Å². The first-order valence-corrected chi connectivity index (χ1v) is 5.84. The van der Waals surface area contributed by atoms with E-state index in [0.29, 0.717) is 13.1 Å². The van der Waals surface area contributed by atoms with E-state index in [1.54, 1.807) is 10.9 Å². The van der Waals surface area contributed by atoms with E-state index in [1.165, 1.54) is 0 Å². The van der Waals surface area contributed by atoms with Crippen molar-refractivity contribution in [3.05, 3.63) is 42.7 Å². The standard InChI is InChI=1S/C13H16N4O/c14-6-7-15-13(18)10-17-9-12(8-16-17)11-4-2-1-3-5-11/h1-5,8-9H,6-7,10,14H2,(H,15,18). The van der Waals surface area contributed by atoms with Gasteiger partial charge in [0.2, 0.25) is 5.91 Å². The van der Waals surface area contributed by atoms with E-state index in [4.69, 9.17) is 5.73 Å². The van der Waals surface area contributed by atoms with Gasteiger partial charge in [-0.1, -0.05) is 30.3 Å². The summed E-state index contributed by atoms with van der Waals surface area (Å²) in [5.41, 5.74) is 7.40. The fourth-order valence-electron chi connectivity index (χ4n) is 1.64. The predicted octanol–water partition coefficient (Wildman–Crippen LogP) is 0.625. The number of hydrogen-bond donors (Lipinski definition) is 2. The number of nitrogens with two attached hydrogens (primary N) is 1. The van der Waals surface area contributed by atoms with Crippen molar-refractivity contribution < 1.29 is 4.79 Å². The molecular weight excluding hydrogens is 228 g/mol. The third-order valence-corrected chi connectivity index (χ3v) is 2.51. The first kappa shape index (κ1) is 12.3. The second-order valence-electron chi connectivity index (χ2n) is 3.93. The van der Waals surface area contributed by atoms with Gasteiger partial charge in [0.05, 0.1) is 6.20 Å². The number of carbonyl (C=O) groups is 1. The quantitative estimate of drug-likeness (QED) is 0.810. The van der Waals surface area contributed by atoms with Crippen LogP contribution in [0.3, 0.4) is 0 Å². The van der Waals surface area contributed by atoms with Crippen LogP contribution < -0.4 is 11.1 Å². The van der Waals surface area contributed by atoms with E-state index in [2.05, 4.69) is 10.4 Å². The van der Waals surface area contributed by atoms with Crippen LogP contribution in [0.1, 0.15) is 0 Å². The molecule has 1 heterocycles. The Hall–Kier alpha value is -2.14. The zero-order valence-corrected chi connectivity index (χ0v) is 10.0. The van der Waals surface area contributed by atoms with E-state index >= 15 is 0 Å². The highest BCUT2D eigenvalue weighted by Gasteiger charge is 2.05. The molecule has 0 radical (unpaired) electrons. The number of carbonyl (C=O) groups excluding carboxylic acids is 1. The summed E-state index contributed by atoms with van der Waals surface area (Å²) >= 11 is 0. The average molecular weight is 244 g/mol. The van der Waals surface area contributed by atoms with Gasteiger partial charge in [-0.3, -0.25) is 9.48 Å². The van der Waals surface area contributed by atoms with Crippen molar-refractivity contribution in [3.8, 4) is 11.1 Å². The minimum atomic E-state index is -0.0804. The smallest absolute Gasteiger partial charge is 0.241 e. The summed E-state index contributed by atoms with van der Waals surface area (Å²) in [5.74, 6) is -0.0804. The topological polar surface area (TPSA) is 72.9 Å². The molecule has 0 spiro atoms. The molecule has 1 aromatic heterocycles. The lowest BCUT2D eigenvalue weighted by atomic mass is 10.1. The van der Waals surface area contributed by atoms with Gasteiger partial charge in [-0.05, 0) is 5.56 Å². The highest BCUT2D eigenvalue weighted by molar-refractivity contribution is 5.75. The van der Waals surface area contributed by atoms with Gasteiger partial charge in [-0.15, -0.1) is 0 Å². The molecule has 0 bridgehead atoms. The zero-order chi connectivity index (χ0) is 12.8. The molecule has 0 atom stereocenters. The minimum Gasteiger partial charge on any atom is -0.353 e. The van der Waals surface area contributed by atoms with Crippen LogP contribution in [0, 0.1) is 0 Å². The molecule has 1 amide bonds. The number of nitrogens with zero attached hydrogens (tertiary/aromatic N) is 2. The van der Waals surface area contributed by atoms with E-state index in [0.717, 1.165) is 11.1 Å². The number of rotatable bonds is 5. The largest absolute Gasteiger partial charge is 0.353 e. The third-order valence-electron chi connectivity index (χ3n) is 2.51. The van der Waals surface area contributed by atoms with Crippen molar-refractivity contribution in [3.63, 3.8) is 0 Å². The van der Waals surface area contributed by atoms with Gasteiger partial charge in [-0.2, -0.15) is 5.10 Å². The molecule has 3 N–H and O–H groups in total. The maximum atomic E-state index is 11.5. The van der Waals surface area contributed by atoms with Gasteiger partial charge in [0.25, 0.3) is 0 Å². The van der Waals surface area contributed by atoms with Crippen LogP contribution in [0.4, 0.5) is 0 Å². The third kappa shape index (κ3) is 3.18. The normalized spacial score (nSPS) is 10.3. The van der Waals surface area contributed by atoms with E-state index in [1.807, 2.05) is 36.5 Å². The Morgan fingerprint density at radius 2 is 2.06 bits per heavy atom. The summed E-state index contributed by atoms with van der Waals surface area (Å²) in [4.78, 5) is 11.5. The molecule has 0 aliphatic carbocycles. The maximum absolute atomic E-state index is 11.5. The predicted molar refractivity (Wildman–Crippen MR) is 69.7 cm³/mol. The molecule has 0 unspecified atom stereocenters. The summed E-state index contributed by atoms with van der Waals surface area (Å²) in [5, 5.41) is 6.87. The first-order valence-electron chi connectivity index (χ1n) is 5.84. The summed E-state index contributed by atoms with van der Waals surface area (Å²) in [6.45, 7) is 1.15. The molecule has 0 saturated carbocycles. The lowest BCUT2D eigenvalue weighted by Gasteiger charge is -2.02. The molecular formula is C13H16N4O. The Bertz CT molecular complexity index is 507. The molecule has 94 valence electrons. The molecule has 2 aromatic rings. The Morgan fingerprint density at radius 1 is 1.28 bits per heavy atom. The van der Waals surface area contributed by atoms with E-state index in [-0.39, 0.29) is 12.5 Å². The molecule has 0 saturated heterocycles. The molecule has 5 nitrogen and oxygen atoms in total. The van der Waals surface area contributed by atoms with Gasteiger partial charge >= 0.3 is 0 Å². The van der Waals surface area contributed by atoms with Crippen LogP contribution in [-0.2, 0) is 11.3 Å². The Balaban J connectivity index is 2.00. The second-order valence-corrected chi connectivity index (χ2v) is 3.93. The van der Waals surface area contributed by atoms with Crippen LogP contribution in [-0.4, -0.2) is 28.8 Å². The van der Waals surface area contributed by atoms with E-state index in [9.17, 15) is 4.79 Å². The fourth-order valence-corrected chi connectivity index (χ4v) is 1.64. The van der Waals surface area contributed by atoms with Crippen molar-refractivity contribution in [2.24, 2.45) is 5.73 Å². The van der Waals surface area contributed by atoms with Gasteiger partial charge in [0.15, 0.2) is 0 Å². The molecule has 0 aliphatic heterocycles. The molecule has 0 aliphatic rings. The van der Waals surface area contributed by atoms with Crippen molar-refractivity contribution >= 4 is 5.91 Å². The molecule has 0 fully saturated rings. The lowest BCUT2D eigenvalue weighted by Crippen LogP contribution is -2.31. The van der Waals surface area contributed by atoms with E-state index < -0.39 is 0 Å². The summed E-state index contributed by atoms with van der Waals surface area (Å²) in [7, 11) is 0. The highest BCUT2D eigenvalue weighted by atomic mass is 16.2. The Morgan fingerprint density at radius 3 is 2.78 bits per heavy atom. The summed E-state index contributed by atoms with van der Waals surface area (Å²) < 4.78 is 1.62. The van der Waals surface area contributed by atoms with Crippen molar-refractivity contribution in [2.75, 3.05) is 13.1 Å². The number of aromatic nitrogens is 2. The Labute approximate surface area is 106 Å². The van der Waals surface area contributed by atoms with Gasteiger partial charge in [0.1, 0.15) is 6.54 Å². The van der Waals surface area contributed by atoms with Gasteiger partial charge < -0.3 is 11.1 Å². The van der Waals surface area contributed by atoms with Crippen molar-refractivity contribution in [1.29, 1.82) is 0 Å². The first-order chi connectivity index (χ1) is 8.79. The lowest BCUT2D eigenvalue weighted by molar-refractivity contribution is -0.121. The summed E-state index contributed by atoms with van der Waals surface area (Å²) in [6, 6.07) is 9.93. The van der Waals surface area contributed by atoms with Crippen molar-refractivity contribution in [2.45, 2.75) is 6.54 Å². The fraction of sp³-hybridized carbons (Fsp3) is 0.231. The zero-order valence-electron chi connectivity index (χ0n) is 10.0. The summed E-state index contributed by atoms with van der Waals surface area (Å²) in [6.07, 6.45) is 3.61. The number of benzene rings is 1. The number of amides is 1. The van der Waals surface area contributed by atoms with Crippen LogP contribution >= 0.6 is 0 Å². The van der Waals surface area contributed by atoms with Gasteiger partial charge in [0, 0.05) is 24.8 Å². The minimum absolute atomic E-state index is 0.0804. The molecule has 2 rings (SSSR count). The number of hydrogen-bond acceptors (Lipinski definition) is 3. The average Bonchev–Trinajstić information content (AvgIpc) is 2.86. The molecule has 1 aromatic carbocycles. The Kier molecular flexibility index (Phi) is 4.09. The van der Waals surface area contributed by atoms with Crippen LogP contribution in [0.15, 0.2) is 42.7 Å².